The van der Waals surface area contributed by atoms with Crippen LogP contribution < -0.4 is 5.32 Å². The number of nitrogens with zero attached hydrogens (tertiary/aromatic N) is 2. The molecule has 0 aliphatic carbocycles. The van der Waals surface area contributed by atoms with Crippen LogP contribution in [0.2, 0.25) is 0 Å². The second kappa shape index (κ2) is 6.25. The molecule has 0 saturated heterocycles. The summed E-state index contributed by atoms with van der Waals surface area (Å²) in [5.41, 5.74) is 1.15. The predicted octanol–water partition coefficient (Wildman–Crippen LogP) is 1.96. The predicted molar refractivity (Wildman–Crippen MR) is 63.9 cm³/mol. The number of likely N-dealkylation sites (N-methyl/N-ethyl adjacent to an activating group) is 1. The molecule has 86 valence electrons. The molecule has 0 aliphatic heterocycles. The van der Waals surface area contributed by atoms with Gasteiger partial charge in [0.15, 0.2) is 0 Å². The molecule has 5 heteroatoms. The first-order chi connectivity index (χ1) is 7.24. The van der Waals surface area contributed by atoms with Gasteiger partial charge >= 0.3 is 0 Å². The summed E-state index contributed by atoms with van der Waals surface area (Å²) in [5, 5.41) is 7.68. The number of halogens is 1. The number of nitrogens with one attached hydrogen (secondary N) is 1. The summed E-state index contributed by atoms with van der Waals surface area (Å²) in [5.74, 6) is 0. The molecule has 0 spiro atoms. The van der Waals surface area contributed by atoms with E-state index in [1.165, 1.54) is 0 Å². The minimum atomic E-state index is 0.192. The van der Waals surface area contributed by atoms with Crippen molar-refractivity contribution in [3.8, 4) is 0 Å². The van der Waals surface area contributed by atoms with E-state index in [0.717, 1.165) is 23.3 Å². The Labute approximate surface area is 99.1 Å². The second-order valence-electron chi connectivity index (χ2n) is 3.26. The Kier molecular flexibility index (Phi) is 5.28. The fourth-order valence-electron chi connectivity index (χ4n) is 1.62. The number of aromatic nitrogens is 2. The number of hydrogen-bond donors (Lipinski definition) is 1. The van der Waals surface area contributed by atoms with Crippen molar-refractivity contribution < 1.29 is 4.74 Å². The molecule has 0 amide bonds. The van der Waals surface area contributed by atoms with Crippen LogP contribution in [-0.4, -0.2) is 30.0 Å². The van der Waals surface area contributed by atoms with E-state index in [1.54, 1.807) is 7.11 Å². The van der Waals surface area contributed by atoms with Crippen LogP contribution in [-0.2, 0) is 11.3 Å². The summed E-state index contributed by atoms with van der Waals surface area (Å²) in [7, 11) is 1.71. The van der Waals surface area contributed by atoms with Crippen molar-refractivity contribution in [2.24, 2.45) is 0 Å². The number of methoxy groups -OCH3 is 1. The Balaban J connectivity index is 2.92. The van der Waals surface area contributed by atoms with Gasteiger partial charge in [0, 0.05) is 13.7 Å². The van der Waals surface area contributed by atoms with Crippen LogP contribution in [0.25, 0.3) is 0 Å². The third kappa shape index (κ3) is 3.03. The molecule has 1 unspecified atom stereocenters. The fraction of sp³-hybridized carbons (Fsp3) is 0.700. The van der Waals surface area contributed by atoms with Crippen molar-refractivity contribution in [1.29, 1.82) is 0 Å². The van der Waals surface area contributed by atoms with Crippen LogP contribution >= 0.6 is 15.9 Å². The molecule has 0 saturated carbocycles. The van der Waals surface area contributed by atoms with E-state index in [-0.39, 0.29) is 6.04 Å². The van der Waals surface area contributed by atoms with Crippen LogP contribution in [0, 0.1) is 0 Å². The molecule has 0 bridgehead atoms. The van der Waals surface area contributed by atoms with Crippen molar-refractivity contribution in [2.75, 3.05) is 20.3 Å². The van der Waals surface area contributed by atoms with Gasteiger partial charge in [0.25, 0.3) is 0 Å². The third-order valence-corrected chi connectivity index (χ3v) is 2.86. The van der Waals surface area contributed by atoms with Crippen molar-refractivity contribution in [3.63, 3.8) is 0 Å². The van der Waals surface area contributed by atoms with E-state index in [1.807, 2.05) is 10.9 Å². The monoisotopic (exact) mass is 275 g/mol. The molecule has 0 aliphatic rings. The zero-order chi connectivity index (χ0) is 11.3. The number of ether oxygens (including phenoxy) is 1. The van der Waals surface area contributed by atoms with Crippen molar-refractivity contribution >= 4 is 15.9 Å². The lowest BCUT2D eigenvalue weighted by Crippen LogP contribution is -2.27. The molecular formula is C10H18BrN3O. The molecule has 1 aromatic heterocycles. The highest BCUT2D eigenvalue weighted by Gasteiger charge is 2.18. The zero-order valence-corrected chi connectivity index (χ0v) is 11.0. The van der Waals surface area contributed by atoms with Crippen molar-refractivity contribution in [3.05, 3.63) is 16.4 Å². The highest BCUT2D eigenvalue weighted by atomic mass is 79.9. The molecule has 1 rings (SSSR count). The number of hydrogen-bond acceptors (Lipinski definition) is 3. The summed E-state index contributed by atoms with van der Waals surface area (Å²) in [4.78, 5) is 0. The molecular weight excluding hydrogens is 258 g/mol. The molecule has 0 radical (unpaired) electrons. The smallest absolute Gasteiger partial charge is 0.0740 e. The van der Waals surface area contributed by atoms with Gasteiger partial charge in [-0.05, 0) is 29.4 Å². The summed E-state index contributed by atoms with van der Waals surface area (Å²) < 4.78 is 8.23. The molecule has 1 atom stereocenters. The molecule has 1 heterocycles. The molecule has 0 aromatic carbocycles. The molecule has 1 aromatic rings. The Morgan fingerprint density at radius 2 is 2.33 bits per heavy atom. The Bertz CT molecular complexity index is 295. The summed E-state index contributed by atoms with van der Waals surface area (Å²) >= 11 is 3.52. The van der Waals surface area contributed by atoms with Crippen LogP contribution in [0.3, 0.4) is 0 Å². The Hall–Kier alpha value is -0.390. The standard InChI is InChI=1S/C10H18BrN3O/c1-4-12-9(7-15-3)10-8(11)6-13-14(10)5-2/h6,9,12H,4-5,7H2,1-3H3. The summed E-state index contributed by atoms with van der Waals surface area (Å²) in [6.07, 6.45) is 1.83. The zero-order valence-electron chi connectivity index (χ0n) is 9.46. The Morgan fingerprint density at radius 1 is 1.60 bits per heavy atom. The first-order valence-electron chi connectivity index (χ1n) is 5.18. The lowest BCUT2D eigenvalue weighted by atomic mass is 10.2. The maximum Gasteiger partial charge on any atom is 0.0740 e. The highest BCUT2D eigenvalue weighted by Crippen LogP contribution is 2.23. The first kappa shape index (κ1) is 12.7. The van der Waals surface area contributed by atoms with Gasteiger partial charge < -0.3 is 10.1 Å². The van der Waals surface area contributed by atoms with Gasteiger partial charge in [-0.3, -0.25) is 4.68 Å². The third-order valence-electron chi connectivity index (χ3n) is 2.25. The van der Waals surface area contributed by atoms with E-state index in [4.69, 9.17) is 4.74 Å². The topological polar surface area (TPSA) is 39.1 Å². The van der Waals surface area contributed by atoms with E-state index < -0.39 is 0 Å². The fourth-order valence-corrected chi connectivity index (χ4v) is 2.19. The lowest BCUT2D eigenvalue weighted by molar-refractivity contribution is 0.164. The van der Waals surface area contributed by atoms with Crippen LogP contribution in [0.4, 0.5) is 0 Å². The largest absolute Gasteiger partial charge is 0.383 e. The van der Waals surface area contributed by atoms with Crippen LogP contribution in [0.5, 0.6) is 0 Å². The van der Waals surface area contributed by atoms with E-state index >= 15 is 0 Å². The van der Waals surface area contributed by atoms with Gasteiger partial charge in [0.05, 0.1) is 29.0 Å². The van der Waals surface area contributed by atoms with E-state index in [9.17, 15) is 0 Å². The molecule has 4 nitrogen and oxygen atoms in total. The second-order valence-corrected chi connectivity index (χ2v) is 4.11. The first-order valence-corrected chi connectivity index (χ1v) is 5.97. The normalized spacial score (nSPS) is 13.1. The van der Waals surface area contributed by atoms with Crippen molar-refractivity contribution in [1.82, 2.24) is 15.1 Å². The maximum absolute atomic E-state index is 5.21. The van der Waals surface area contributed by atoms with Gasteiger partial charge in [-0.15, -0.1) is 0 Å². The average Bonchev–Trinajstić information content (AvgIpc) is 2.59. The Morgan fingerprint density at radius 3 is 2.87 bits per heavy atom. The van der Waals surface area contributed by atoms with E-state index in [0.29, 0.717) is 6.61 Å². The lowest BCUT2D eigenvalue weighted by Gasteiger charge is -2.18. The van der Waals surface area contributed by atoms with Gasteiger partial charge in [-0.25, -0.2) is 0 Å². The van der Waals surface area contributed by atoms with E-state index in [2.05, 4.69) is 40.2 Å². The summed E-state index contributed by atoms with van der Waals surface area (Å²) in [6, 6.07) is 0.192. The minimum Gasteiger partial charge on any atom is -0.383 e. The van der Waals surface area contributed by atoms with Crippen molar-refractivity contribution in [2.45, 2.75) is 26.4 Å². The SMILES string of the molecule is CCNC(COC)c1c(Br)cnn1CC. The minimum absolute atomic E-state index is 0.192. The van der Waals surface area contributed by atoms with Crippen LogP contribution in [0.15, 0.2) is 10.7 Å². The molecule has 15 heavy (non-hydrogen) atoms. The molecule has 0 fully saturated rings. The quantitative estimate of drug-likeness (QED) is 0.863. The van der Waals surface area contributed by atoms with Gasteiger partial charge in [0.1, 0.15) is 0 Å². The number of aryl methyl sites for hydroxylation is 1. The number of rotatable bonds is 6. The van der Waals surface area contributed by atoms with Gasteiger partial charge in [-0.2, -0.15) is 5.10 Å². The molecule has 1 N–H and O–H groups in total. The van der Waals surface area contributed by atoms with Crippen LogP contribution in [0.1, 0.15) is 25.6 Å². The average molecular weight is 276 g/mol. The summed E-state index contributed by atoms with van der Waals surface area (Å²) in [6.45, 7) is 6.60. The maximum atomic E-state index is 5.21. The van der Waals surface area contributed by atoms with Gasteiger partial charge in [-0.1, -0.05) is 6.92 Å². The highest BCUT2D eigenvalue weighted by molar-refractivity contribution is 9.10. The van der Waals surface area contributed by atoms with Gasteiger partial charge in [0.2, 0.25) is 0 Å².